The summed E-state index contributed by atoms with van der Waals surface area (Å²) in [6.07, 6.45) is 8.11. The summed E-state index contributed by atoms with van der Waals surface area (Å²) in [5.41, 5.74) is 2.90. The molecule has 2 atom stereocenters. The molecule has 0 nitrogen and oxygen atoms in total. The smallest absolute Gasteiger partial charge is 0.0395 e. The highest BCUT2D eigenvalue weighted by Gasteiger charge is 2.37. The third-order valence-electron chi connectivity index (χ3n) is 4.22. The van der Waals surface area contributed by atoms with E-state index in [9.17, 15) is 0 Å². The summed E-state index contributed by atoms with van der Waals surface area (Å²) in [4.78, 5) is 0. The monoisotopic (exact) mass is 262 g/mol. The van der Waals surface area contributed by atoms with Crippen molar-refractivity contribution in [2.75, 3.05) is 0 Å². The Labute approximate surface area is 116 Å². The lowest BCUT2D eigenvalue weighted by molar-refractivity contribution is 0.295. The minimum atomic E-state index is 0.111. The number of unbranched alkanes of at least 4 members (excludes halogenated alkanes) is 1. The third kappa shape index (κ3) is 2.49. The zero-order chi connectivity index (χ0) is 13.2. The fourth-order valence-corrected chi connectivity index (χ4v) is 3.14. The van der Waals surface area contributed by atoms with Crippen LogP contribution in [0.2, 0.25) is 0 Å². The molecule has 0 fully saturated rings. The maximum atomic E-state index is 6.66. The van der Waals surface area contributed by atoms with Gasteiger partial charge in [-0.2, -0.15) is 0 Å². The molecule has 2 rings (SSSR count). The summed E-state index contributed by atoms with van der Waals surface area (Å²) in [7, 11) is 0. The van der Waals surface area contributed by atoms with E-state index in [-0.39, 0.29) is 10.8 Å². The van der Waals surface area contributed by atoms with E-state index in [0.29, 0.717) is 5.92 Å². The average molecular weight is 263 g/mol. The first-order valence-electron chi connectivity index (χ1n) is 6.98. The van der Waals surface area contributed by atoms with Gasteiger partial charge in [0, 0.05) is 11.3 Å². The van der Waals surface area contributed by atoms with Gasteiger partial charge in [0.2, 0.25) is 0 Å². The minimum Gasteiger partial charge on any atom is -0.122 e. The van der Waals surface area contributed by atoms with E-state index in [1.54, 1.807) is 0 Å². The van der Waals surface area contributed by atoms with Crippen LogP contribution in [0.5, 0.6) is 0 Å². The largest absolute Gasteiger partial charge is 0.122 e. The second-order valence-electron chi connectivity index (χ2n) is 5.90. The Bertz CT molecular complexity index is 431. The lowest BCUT2D eigenvalue weighted by Gasteiger charge is -2.36. The molecule has 0 N–H and O–H groups in total. The Morgan fingerprint density at radius 1 is 1.28 bits per heavy atom. The highest BCUT2D eigenvalue weighted by Crippen LogP contribution is 2.47. The van der Waals surface area contributed by atoms with Crippen molar-refractivity contribution in [1.29, 1.82) is 0 Å². The van der Waals surface area contributed by atoms with Crippen molar-refractivity contribution in [2.24, 2.45) is 5.41 Å². The fourth-order valence-electron chi connectivity index (χ4n) is 2.85. The van der Waals surface area contributed by atoms with Gasteiger partial charge in [0.25, 0.3) is 0 Å². The topological polar surface area (TPSA) is 0 Å². The minimum absolute atomic E-state index is 0.111. The van der Waals surface area contributed by atoms with E-state index < -0.39 is 0 Å². The number of alkyl halides is 1. The van der Waals surface area contributed by atoms with Crippen molar-refractivity contribution in [3.63, 3.8) is 0 Å². The SMILES string of the molecule is CCCCC(Cl)C(C)(C)C1C=Cc2ccccc21. The Balaban J connectivity index is 2.19. The highest BCUT2D eigenvalue weighted by molar-refractivity contribution is 6.21. The maximum absolute atomic E-state index is 6.66. The zero-order valence-corrected chi connectivity index (χ0v) is 12.4. The van der Waals surface area contributed by atoms with Crippen LogP contribution in [0.1, 0.15) is 57.1 Å². The van der Waals surface area contributed by atoms with Crippen LogP contribution in [0, 0.1) is 5.41 Å². The van der Waals surface area contributed by atoms with Crippen molar-refractivity contribution in [3.05, 3.63) is 41.5 Å². The van der Waals surface area contributed by atoms with Gasteiger partial charge >= 0.3 is 0 Å². The van der Waals surface area contributed by atoms with Crippen LogP contribution in [0.15, 0.2) is 30.3 Å². The number of allylic oxidation sites excluding steroid dienone is 1. The molecule has 0 radical (unpaired) electrons. The molecule has 98 valence electrons. The van der Waals surface area contributed by atoms with Gasteiger partial charge in [-0.25, -0.2) is 0 Å². The number of halogens is 1. The van der Waals surface area contributed by atoms with Crippen LogP contribution in [0.3, 0.4) is 0 Å². The van der Waals surface area contributed by atoms with Gasteiger partial charge in [0.05, 0.1) is 0 Å². The second kappa shape index (κ2) is 5.48. The molecular formula is C17H23Cl. The lowest BCUT2D eigenvalue weighted by Crippen LogP contribution is -2.30. The van der Waals surface area contributed by atoms with Crippen molar-refractivity contribution < 1.29 is 0 Å². The molecule has 0 heterocycles. The quantitative estimate of drug-likeness (QED) is 0.604. The van der Waals surface area contributed by atoms with Crippen molar-refractivity contribution >= 4 is 17.7 Å². The zero-order valence-electron chi connectivity index (χ0n) is 11.6. The fraction of sp³-hybridized carbons (Fsp3) is 0.529. The van der Waals surface area contributed by atoms with Crippen LogP contribution >= 0.6 is 11.6 Å². The standard InChI is InChI=1S/C17H23Cl/c1-4-5-10-16(18)17(2,3)15-12-11-13-8-6-7-9-14(13)15/h6-9,11-12,15-16H,4-5,10H2,1-3H3. The van der Waals surface area contributed by atoms with Crippen LogP contribution in [0.4, 0.5) is 0 Å². The molecule has 0 saturated carbocycles. The molecule has 1 aliphatic rings. The van der Waals surface area contributed by atoms with Crippen molar-refractivity contribution in [2.45, 2.75) is 51.3 Å². The molecule has 0 aromatic heterocycles. The van der Waals surface area contributed by atoms with Gasteiger partial charge in [-0.15, -0.1) is 11.6 Å². The number of rotatable bonds is 5. The Kier molecular flexibility index (Phi) is 4.17. The number of fused-ring (bicyclic) bond motifs is 1. The number of hydrogen-bond donors (Lipinski definition) is 0. The first-order chi connectivity index (χ1) is 8.57. The predicted molar refractivity (Wildman–Crippen MR) is 81.2 cm³/mol. The summed E-state index contributed by atoms with van der Waals surface area (Å²) < 4.78 is 0. The van der Waals surface area contributed by atoms with E-state index in [4.69, 9.17) is 11.6 Å². The molecule has 2 unspecified atom stereocenters. The van der Waals surface area contributed by atoms with E-state index in [2.05, 4.69) is 57.2 Å². The van der Waals surface area contributed by atoms with Crippen LogP contribution in [-0.4, -0.2) is 5.38 Å². The maximum Gasteiger partial charge on any atom is 0.0395 e. The molecule has 1 aromatic carbocycles. The van der Waals surface area contributed by atoms with Gasteiger partial charge in [-0.05, 0) is 23.0 Å². The second-order valence-corrected chi connectivity index (χ2v) is 6.42. The van der Waals surface area contributed by atoms with Gasteiger partial charge < -0.3 is 0 Å². The van der Waals surface area contributed by atoms with Crippen LogP contribution in [0.25, 0.3) is 6.08 Å². The molecule has 0 amide bonds. The van der Waals surface area contributed by atoms with Crippen molar-refractivity contribution in [3.8, 4) is 0 Å². The predicted octanol–water partition coefficient (Wildman–Crippen LogP) is 5.62. The van der Waals surface area contributed by atoms with E-state index in [1.165, 1.54) is 24.0 Å². The van der Waals surface area contributed by atoms with E-state index in [0.717, 1.165) is 6.42 Å². The first kappa shape index (κ1) is 13.7. The first-order valence-corrected chi connectivity index (χ1v) is 7.42. The molecule has 0 aliphatic heterocycles. The molecule has 0 saturated heterocycles. The summed E-state index contributed by atoms with van der Waals surface area (Å²) in [5.74, 6) is 0.452. The molecule has 1 aliphatic carbocycles. The Morgan fingerprint density at radius 2 is 2.00 bits per heavy atom. The molecule has 1 aromatic rings. The molecule has 0 spiro atoms. The molecule has 0 bridgehead atoms. The lowest BCUT2D eigenvalue weighted by atomic mass is 9.72. The van der Waals surface area contributed by atoms with Crippen LogP contribution in [-0.2, 0) is 0 Å². The molecule has 1 heteroatoms. The van der Waals surface area contributed by atoms with E-state index in [1.807, 2.05) is 0 Å². The number of benzene rings is 1. The Hall–Kier alpha value is -0.750. The Morgan fingerprint density at radius 3 is 2.72 bits per heavy atom. The van der Waals surface area contributed by atoms with E-state index >= 15 is 0 Å². The van der Waals surface area contributed by atoms with Gasteiger partial charge in [0.15, 0.2) is 0 Å². The normalized spacial score (nSPS) is 19.9. The molecule has 18 heavy (non-hydrogen) atoms. The van der Waals surface area contributed by atoms with Gasteiger partial charge in [-0.1, -0.05) is 70.0 Å². The summed E-state index contributed by atoms with van der Waals surface area (Å²) in [6.45, 7) is 6.83. The third-order valence-corrected chi connectivity index (χ3v) is 5.00. The number of hydrogen-bond acceptors (Lipinski definition) is 0. The average Bonchev–Trinajstić information content (AvgIpc) is 2.80. The summed E-state index contributed by atoms with van der Waals surface area (Å²) >= 11 is 6.66. The molecular weight excluding hydrogens is 240 g/mol. The summed E-state index contributed by atoms with van der Waals surface area (Å²) in [6, 6.07) is 8.67. The van der Waals surface area contributed by atoms with Gasteiger partial charge in [0.1, 0.15) is 0 Å². The van der Waals surface area contributed by atoms with Gasteiger partial charge in [-0.3, -0.25) is 0 Å². The highest BCUT2D eigenvalue weighted by atomic mass is 35.5. The van der Waals surface area contributed by atoms with Crippen molar-refractivity contribution in [1.82, 2.24) is 0 Å². The van der Waals surface area contributed by atoms with Crippen LogP contribution < -0.4 is 0 Å². The summed E-state index contributed by atoms with van der Waals surface area (Å²) in [5, 5.41) is 0.234.